The molecule has 2 heterocycles. The molecule has 0 N–H and O–H groups in total. The van der Waals surface area contributed by atoms with Crippen molar-refractivity contribution in [3.8, 4) is 5.75 Å². The molecule has 24 heavy (non-hydrogen) atoms. The Kier molecular flexibility index (Phi) is 4.40. The van der Waals surface area contributed by atoms with Crippen molar-refractivity contribution in [2.45, 2.75) is 13.8 Å². The molecule has 0 aliphatic heterocycles. The molecule has 0 unspecified atom stereocenters. The first-order valence-corrected chi connectivity index (χ1v) is 8.42. The summed E-state index contributed by atoms with van der Waals surface area (Å²) in [7, 11) is 1.89. The van der Waals surface area contributed by atoms with Gasteiger partial charge in [-0.05, 0) is 43.5 Å². The molecule has 2 aromatic heterocycles. The summed E-state index contributed by atoms with van der Waals surface area (Å²) in [6.07, 6.45) is 0. The van der Waals surface area contributed by atoms with Crippen LogP contribution in [-0.2, 0) is 11.8 Å². The standard InChI is InChI=1S/C18H17NO4S/c1-4-22-18(21)16-11(2)19(3)14-8-7-12(10-13(14)16)23-17(20)15-6-5-9-24-15/h5-10H,4H2,1-3H3. The first-order valence-electron chi connectivity index (χ1n) is 7.54. The molecule has 1 aromatic carbocycles. The van der Waals surface area contributed by atoms with E-state index in [2.05, 4.69) is 0 Å². The van der Waals surface area contributed by atoms with Gasteiger partial charge in [0, 0.05) is 23.6 Å². The molecule has 6 heteroatoms. The fraction of sp³-hybridized carbons (Fsp3) is 0.222. The average molecular weight is 343 g/mol. The number of benzene rings is 1. The third-order valence-electron chi connectivity index (χ3n) is 3.88. The van der Waals surface area contributed by atoms with E-state index in [9.17, 15) is 9.59 Å². The van der Waals surface area contributed by atoms with Gasteiger partial charge in [-0.3, -0.25) is 0 Å². The second kappa shape index (κ2) is 6.49. The van der Waals surface area contributed by atoms with Gasteiger partial charge in [0.25, 0.3) is 0 Å². The molecule has 0 saturated heterocycles. The van der Waals surface area contributed by atoms with E-state index in [4.69, 9.17) is 9.47 Å². The van der Waals surface area contributed by atoms with Gasteiger partial charge in [-0.25, -0.2) is 9.59 Å². The predicted molar refractivity (Wildman–Crippen MR) is 92.9 cm³/mol. The van der Waals surface area contributed by atoms with Gasteiger partial charge in [-0.1, -0.05) is 6.07 Å². The monoisotopic (exact) mass is 343 g/mol. The first kappa shape index (κ1) is 16.3. The number of hydrogen-bond donors (Lipinski definition) is 0. The largest absolute Gasteiger partial charge is 0.462 e. The SMILES string of the molecule is CCOC(=O)c1c(C)n(C)c2ccc(OC(=O)c3cccs3)cc12. The lowest BCUT2D eigenvalue weighted by Gasteiger charge is -2.04. The molecule has 0 radical (unpaired) electrons. The highest BCUT2D eigenvalue weighted by Gasteiger charge is 2.20. The number of rotatable bonds is 4. The van der Waals surface area contributed by atoms with Gasteiger partial charge in [0.05, 0.1) is 12.2 Å². The van der Waals surface area contributed by atoms with Crippen LogP contribution in [0.4, 0.5) is 0 Å². The highest BCUT2D eigenvalue weighted by Crippen LogP contribution is 2.29. The van der Waals surface area contributed by atoms with Gasteiger partial charge in [-0.2, -0.15) is 0 Å². The van der Waals surface area contributed by atoms with Gasteiger partial charge in [0.2, 0.25) is 0 Å². The topological polar surface area (TPSA) is 57.5 Å². The minimum atomic E-state index is -0.408. The molecule has 0 fully saturated rings. The van der Waals surface area contributed by atoms with E-state index in [0.717, 1.165) is 11.2 Å². The van der Waals surface area contributed by atoms with Crippen molar-refractivity contribution in [3.63, 3.8) is 0 Å². The van der Waals surface area contributed by atoms with Crippen molar-refractivity contribution in [2.75, 3.05) is 6.61 Å². The molecule has 5 nitrogen and oxygen atoms in total. The molecule has 3 aromatic rings. The molecular weight excluding hydrogens is 326 g/mol. The van der Waals surface area contributed by atoms with Crippen LogP contribution in [0.2, 0.25) is 0 Å². The van der Waals surface area contributed by atoms with E-state index in [-0.39, 0.29) is 5.97 Å². The number of nitrogens with zero attached hydrogens (tertiary/aromatic N) is 1. The lowest BCUT2D eigenvalue weighted by atomic mass is 10.1. The molecule has 0 saturated carbocycles. The Hall–Kier alpha value is -2.60. The maximum Gasteiger partial charge on any atom is 0.353 e. The zero-order valence-corrected chi connectivity index (χ0v) is 14.5. The van der Waals surface area contributed by atoms with Crippen LogP contribution in [0.3, 0.4) is 0 Å². The number of carbonyl (C=O) groups is 2. The molecule has 3 rings (SSSR count). The van der Waals surface area contributed by atoms with Crippen LogP contribution in [0.5, 0.6) is 5.75 Å². The molecule has 0 spiro atoms. The van der Waals surface area contributed by atoms with Crippen molar-refractivity contribution in [1.29, 1.82) is 0 Å². The third-order valence-corrected chi connectivity index (χ3v) is 4.73. The highest BCUT2D eigenvalue weighted by atomic mass is 32.1. The van der Waals surface area contributed by atoms with Gasteiger partial charge >= 0.3 is 11.9 Å². The number of carbonyl (C=O) groups excluding carboxylic acids is 2. The van der Waals surface area contributed by atoms with Crippen molar-refractivity contribution in [2.24, 2.45) is 7.05 Å². The van der Waals surface area contributed by atoms with Crippen LogP contribution in [-0.4, -0.2) is 23.1 Å². The minimum Gasteiger partial charge on any atom is -0.462 e. The third kappa shape index (κ3) is 2.80. The maximum atomic E-state index is 12.3. The van der Waals surface area contributed by atoms with Crippen LogP contribution < -0.4 is 4.74 Å². The lowest BCUT2D eigenvalue weighted by Crippen LogP contribution is -2.07. The maximum absolute atomic E-state index is 12.3. The van der Waals surface area contributed by atoms with E-state index in [1.165, 1.54) is 11.3 Å². The number of esters is 2. The Bertz CT molecular complexity index is 909. The number of fused-ring (bicyclic) bond motifs is 1. The van der Waals surface area contributed by atoms with Crippen LogP contribution in [0, 0.1) is 6.92 Å². The van der Waals surface area contributed by atoms with E-state index in [0.29, 0.717) is 28.2 Å². The molecule has 0 atom stereocenters. The molecule has 124 valence electrons. The molecule has 0 aliphatic carbocycles. The van der Waals surface area contributed by atoms with E-state index in [1.807, 2.05) is 30.0 Å². The highest BCUT2D eigenvalue weighted by molar-refractivity contribution is 7.12. The second-order valence-electron chi connectivity index (χ2n) is 5.29. The smallest absolute Gasteiger partial charge is 0.353 e. The Morgan fingerprint density at radius 1 is 1.21 bits per heavy atom. The van der Waals surface area contributed by atoms with Crippen molar-refractivity contribution in [3.05, 3.63) is 51.8 Å². The van der Waals surface area contributed by atoms with Crippen molar-refractivity contribution >= 4 is 34.2 Å². The normalized spacial score (nSPS) is 10.8. The number of thiophene rings is 1. The van der Waals surface area contributed by atoms with Gasteiger partial charge in [-0.15, -0.1) is 11.3 Å². The Morgan fingerprint density at radius 3 is 2.67 bits per heavy atom. The molecule has 0 aliphatic rings. The summed E-state index contributed by atoms with van der Waals surface area (Å²) >= 11 is 1.32. The Morgan fingerprint density at radius 2 is 2.00 bits per heavy atom. The number of aromatic nitrogens is 1. The summed E-state index contributed by atoms with van der Waals surface area (Å²) < 4.78 is 12.5. The zero-order valence-electron chi connectivity index (χ0n) is 13.7. The average Bonchev–Trinajstić information content (AvgIpc) is 3.16. The fourth-order valence-electron chi connectivity index (χ4n) is 2.63. The predicted octanol–water partition coefficient (Wildman–Crippen LogP) is 3.94. The Balaban J connectivity index is 2.02. The van der Waals surface area contributed by atoms with Crippen LogP contribution in [0.25, 0.3) is 10.9 Å². The van der Waals surface area contributed by atoms with E-state index < -0.39 is 5.97 Å². The first-order chi connectivity index (χ1) is 11.5. The van der Waals surface area contributed by atoms with Gasteiger partial charge < -0.3 is 14.0 Å². The van der Waals surface area contributed by atoms with Crippen LogP contribution in [0.15, 0.2) is 35.7 Å². The molecule has 0 amide bonds. The minimum absolute atomic E-state index is 0.307. The second-order valence-corrected chi connectivity index (χ2v) is 6.23. The summed E-state index contributed by atoms with van der Waals surface area (Å²) in [5, 5.41) is 2.53. The van der Waals surface area contributed by atoms with Gasteiger partial charge in [0.15, 0.2) is 0 Å². The van der Waals surface area contributed by atoms with E-state index >= 15 is 0 Å². The summed E-state index contributed by atoms with van der Waals surface area (Å²) in [6, 6.07) is 8.77. The Labute approximate surface area is 143 Å². The number of aryl methyl sites for hydroxylation is 1. The van der Waals surface area contributed by atoms with Crippen LogP contribution in [0.1, 0.15) is 32.6 Å². The van der Waals surface area contributed by atoms with Gasteiger partial charge in [0.1, 0.15) is 10.6 Å². The summed E-state index contributed by atoms with van der Waals surface area (Å²) in [5.41, 5.74) is 2.19. The zero-order chi connectivity index (χ0) is 17.3. The van der Waals surface area contributed by atoms with Crippen molar-refractivity contribution < 1.29 is 19.1 Å². The molecule has 0 bridgehead atoms. The summed E-state index contributed by atoms with van der Waals surface area (Å²) in [6.45, 7) is 3.94. The number of hydrogen-bond acceptors (Lipinski definition) is 5. The quantitative estimate of drug-likeness (QED) is 0.532. The van der Waals surface area contributed by atoms with Crippen molar-refractivity contribution in [1.82, 2.24) is 4.57 Å². The molecular formula is C18H17NO4S. The van der Waals surface area contributed by atoms with E-state index in [1.54, 1.807) is 31.2 Å². The lowest BCUT2D eigenvalue weighted by molar-refractivity contribution is 0.0527. The van der Waals surface area contributed by atoms with Crippen LogP contribution >= 0.6 is 11.3 Å². The summed E-state index contributed by atoms with van der Waals surface area (Å²) in [4.78, 5) is 24.9. The summed E-state index contributed by atoms with van der Waals surface area (Å²) in [5.74, 6) is -0.380. The number of ether oxygens (including phenoxy) is 2. The fourth-order valence-corrected chi connectivity index (χ4v) is 3.23.